The van der Waals surface area contributed by atoms with Crippen molar-refractivity contribution < 1.29 is 9.53 Å². The van der Waals surface area contributed by atoms with Crippen LogP contribution in [-0.4, -0.2) is 47.5 Å². The zero-order valence-corrected chi connectivity index (χ0v) is 15.6. The summed E-state index contributed by atoms with van der Waals surface area (Å²) in [6.45, 7) is 2.23. The molecule has 0 saturated carbocycles. The molecule has 3 heterocycles. The smallest absolute Gasteiger partial charge is 0.260 e. The van der Waals surface area contributed by atoms with Gasteiger partial charge in [0.2, 0.25) is 0 Å². The molecule has 0 spiro atoms. The quantitative estimate of drug-likeness (QED) is 0.840. The number of carbonyl (C=O) groups excluding carboxylic acids is 1. The Morgan fingerprint density at radius 2 is 2.19 bits per heavy atom. The molecule has 2 aliphatic rings. The van der Waals surface area contributed by atoms with Crippen molar-refractivity contribution in [3.8, 4) is 5.75 Å². The Morgan fingerprint density at radius 1 is 1.33 bits per heavy atom. The topological polar surface area (TPSA) is 79.4 Å². The summed E-state index contributed by atoms with van der Waals surface area (Å²) < 4.78 is 5.61. The van der Waals surface area contributed by atoms with Crippen LogP contribution in [0.25, 0.3) is 0 Å². The summed E-state index contributed by atoms with van der Waals surface area (Å²) in [5, 5.41) is 6.64. The molecule has 0 bridgehead atoms. The van der Waals surface area contributed by atoms with Crippen LogP contribution in [0, 0.1) is 0 Å². The Labute approximate surface area is 159 Å². The van der Waals surface area contributed by atoms with E-state index < -0.39 is 0 Å². The number of amides is 1. The number of aromatic nitrogens is 2. The van der Waals surface area contributed by atoms with Gasteiger partial charge >= 0.3 is 0 Å². The summed E-state index contributed by atoms with van der Waals surface area (Å²) in [5.41, 5.74) is 2.06. The second kappa shape index (κ2) is 7.92. The van der Waals surface area contributed by atoms with E-state index in [2.05, 4.69) is 10.6 Å². The summed E-state index contributed by atoms with van der Waals surface area (Å²) in [5.74, 6) is 2.37. The summed E-state index contributed by atoms with van der Waals surface area (Å²) in [7, 11) is 1.87. The van der Waals surface area contributed by atoms with Crippen LogP contribution in [-0.2, 0) is 17.8 Å². The van der Waals surface area contributed by atoms with Crippen molar-refractivity contribution in [1.82, 2.24) is 20.2 Å². The van der Waals surface area contributed by atoms with Gasteiger partial charge in [-0.25, -0.2) is 9.97 Å². The summed E-state index contributed by atoms with van der Waals surface area (Å²) in [6.07, 6.45) is 2.97. The maximum Gasteiger partial charge on any atom is 0.260 e. The van der Waals surface area contributed by atoms with Crippen molar-refractivity contribution in [2.24, 2.45) is 0 Å². The lowest BCUT2D eigenvalue weighted by Crippen LogP contribution is -2.39. The Morgan fingerprint density at radius 3 is 2.93 bits per heavy atom. The molecule has 2 aliphatic heterocycles. The van der Waals surface area contributed by atoms with E-state index in [1.165, 1.54) is 0 Å². The van der Waals surface area contributed by atoms with Crippen molar-refractivity contribution in [2.75, 3.05) is 32.1 Å². The third kappa shape index (κ3) is 3.88. The maximum atomic E-state index is 12.6. The highest BCUT2D eigenvalue weighted by Crippen LogP contribution is 2.28. The van der Waals surface area contributed by atoms with Crippen LogP contribution >= 0.6 is 0 Å². The van der Waals surface area contributed by atoms with Gasteiger partial charge in [-0.05, 0) is 31.5 Å². The average Bonchev–Trinajstić information content (AvgIpc) is 3.26. The molecule has 142 valence electrons. The molecule has 2 aromatic rings. The molecule has 4 rings (SSSR count). The maximum absolute atomic E-state index is 12.6. The first-order chi connectivity index (χ1) is 13.2. The van der Waals surface area contributed by atoms with Gasteiger partial charge in [-0.3, -0.25) is 4.79 Å². The molecule has 1 saturated heterocycles. The van der Waals surface area contributed by atoms with E-state index in [1.807, 2.05) is 42.3 Å². The molecule has 2 N–H and O–H groups in total. The fourth-order valence-electron chi connectivity index (χ4n) is 3.67. The molecule has 1 amide bonds. The number of hydrogen-bond donors (Lipinski definition) is 2. The zero-order valence-electron chi connectivity index (χ0n) is 15.6. The van der Waals surface area contributed by atoms with Crippen LogP contribution in [0.4, 0.5) is 5.82 Å². The van der Waals surface area contributed by atoms with Crippen molar-refractivity contribution >= 4 is 11.7 Å². The van der Waals surface area contributed by atoms with Crippen LogP contribution < -0.4 is 15.4 Å². The first-order valence-corrected chi connectivity index (χ1v) is 9.51. The Balaban J connectivity index is 1.46. The molecule has 1 atom stereocenters. The number of benzene rings is 1. The lowest BCUT2D eigenvalue weighted by atomic mass is 10.0. The van der Waals surface area contributed by atoms with Gasteiger partial charge in [-0.2, -0.15) is 0 Å². The van der Waals surface area contributed by atoms with Crippen LogP contribution in [0.1, 0.15) is 36.0 Å². The average molecular weight is 367 g/mol. The van der Waals surface area contributed by atoms with Gasteiger partial charge in [0.15, 0.2) is 6.61 Å². The Kier molecular flexibility index (Phi) is 5.20. The predicted molar refractivity (Wildman–Crippen MR) is 103 cm³/mol. The second-order valence-electron chi connectivity index (χ2n) is 6.92. The van der Waals surface area contributed by atoms with Crippen molar-refractivity contribution in [3.05, 3.63) is 47.4 Å². The van der Waals surface area contributed by atoms with Gasteiger partial charge in [0.1, 0.15) is 17.4 Å². The van der Waals surface area contributed by atoms with Gasteiger partial charge < -0.3 is 20.3 Å². The molecule has 1 aromatic heterocycles. The zero-order chi connectivity index (χ0) is 18.6. The van der Waals surface area contributed by atoms with Crippen molar-refractivity contribution in [2.45, 2.75) is 31.8 Å². The molecule has 1 fully saturated rings. The van der Waals surface area contributed by atoms with Gasteiger partial charge in [0.05, 0.1) is 18.3 Å². The number of fused-ring (bicyclic) bond motifs is 1. The highest BCUT2D eigenvalue weighted by atomic mass is 16.5. The number of para-hydroxylation sites is 1. The minimum atomic E-state index is -0.0203. The fraction of sp³-hybridized carbons (Fsp3) is 0.450. The van der Waals surface area contributed by atoms with Gasteiger partial charge in [0, 0.05) is 25.6 Å². The van der Waals surface area contributed by atoms with Crippen LogP contribution in [0.3, 0.4) is 0 Å². The number of nitrogens with one attached hydrogen (secondary N) is 2. The van der Waals surface area contributed by atoms with E-state index in [0.717, 1.165) is 48.7 Å². The van der Waals surface area contributed by atoms with Crippen LogP contribution in [0.2, 0.25) is 0 Å². The second-order valence-corrected chi connectivity index (χ2v) is 6.92. The largest absolute Gasteiger partial charge is 0.484 e. The third-order valence-electron chi connectivity index (χ3n) is 5.14. The first-order valence-electron chi connectivity index (χ1n) is 9.51. The molecule has 0 unspecified atom stereocenters. The SMILES string of the molecule is CNc1nc([C@@H]2CCCN2)nc2c1CN(C(=O)COc1ccccc1)CC2. The van der Waals surface area contributed by atoms with E-state index >= 15 is 0 Å². The molecule has 7 heteroatoms. The Hall–Kier alpha value is -2.67. The van der Waals surface area contributed by atoms with Gasteiger partial charge in [0.25, 0.3) is 5.91 Å². The number of rotatable bonds is 5. The predicted octanol–water partition coefficient (Wildman–Crippen LogP) is 1.91. The molecular weight excluding hydrogens is 342 g/mol. The first kappa shape index (κ1) is 17.7. The normalized spacial score (nSPS) is 18.9. The molecule has 0 radical (unpaired) electrons. The van der Waals surface area contributed by atoms with Crippen LogP contribution in [0.5, 0.6) is 5.75 Å². The van der Waals surface area contributed by atoms with E-state index in [-0.39, 0.29) is 18.6 Å². The fourth-order valence-corrected chi connectivity index (χ4v) is 3.67. The highest BCUT2D eigenvalue weighted by Gasteiger charge is 2.28. The summed E-state index contributed by atoms with van der Waals surface area (Å²) in [4.78, 5) is 23.9. The number of carbonyl (C=O) groups is 1. The van der Waals surface area contributed by atoms with Gasteiger partial charge in [-0.15, -0.1) is 0 Å². The highest BCUT2D eigenvalue weighted by molar-refractivity contribution is 5.78. The number of anilines is 1. The Bertz CT molecular complexity index is 788. The molecule has 27 heavy (non-hydrogen) atoms. The number of hydrogen-bond acceptors (Lipinski definition) is 6. The minimum absolute atomic E-state index is 0.0203. The standard InChI is InChI=1S/C20H25N5O2/c1-21-19-15-12-25(18(26)13-27-14-6-3-2-4-7-14)11-9-16(15)23-20(24-19)17-8-5-10-22-17/h2-4,6-7,17,22H,5,8-13H2,1H3,(H,21,23,24)/t17-/m0/s1. The van der Waals surface area contributed by atoms with Crippen molar-refractivity contribution in [3.63, 3.8) is 0 Å². The lowest BCUT2D eigenvalue weighted by Gasteiger charge is -2.30. The van der Waals surface area contributed by atoms with Gasteiger partial charge in [-0.1, -0.05) is 18.2 Å². The van der Waals surface area contributed by atoms with Crippen LogP contribution in [0.15, 0.2) is 30.3 Å². The number of ether oxygens (including phenoxy) is 1. The van der Waals surface area contributed by atoms with E-state index in [1.54, 1.807) is 0 Å². The van der Waals surface area contributed by atoms with E-state index in [4.69, 9.17) is 14.7 Å². The van der Waals surface area contributed by atoms with E-state index in [9.17, 15) is 4.79 Å². The lowest BCUT2D eigenvalue weighted by molar-refractivity contribution is -0.134. The molecular formula is C20H25N5O2. The van der Waals surface area contributed by atoms with E-state index in [0.29, 0.717) is 18.8 Å². The monoisotopic (exact) mass is 367 g/mol. The minimum Gasteiger partial charge on any atom is -0.484 e. The summed E-state index contributed by atoms with van der Waals surface area (Å²) in [6, 6.07) is 9.65. The molecule has 0 aliphatic carbocycles. The molecule has 1 aromatic carbocycles. The number of nitrogens with zero attached hydrogens (tertiary/aromatic N) is 3. The third-order valence-corrected chi connectivity index (χ3v) is 5.14. The molecule has 7 nitrogen and oxygen atoms in total. The van der Waals surface area contributed by atoms with Crippen molar-refractivity contribution in [1.29, 1.82) is 0 Å². The summed E-state index contributed by atoms with van der Waals surface area (Å²) >= 11 is 0.